The number of nitrogens with zero attached hydrogens (tertiary/aromatic N) is 4. The van der Waals surface area contributed by atoms with E-state index >= 15 is 0 Å². The molecule has 4 unspecified atom stereocenters. The molecule has 0 amide bonds. The van der Waals surface area contributed by atoms with Crippen LogP contribution in [0.5, 0.6) is 0 Å². The molecule has 0 aromatic carbocycles. The van der Waals surface area contributed by atoms with Crippen LogP contribution < -0.4 is 0 Å². The van der Waals surface area contributed by atoms with E-state index in [2.05, 4.69) is 14.7 Å². The van der Waals surface area contributed by atoms with Crippen LogP contribution in [0.2, 0.25) is 0 Å². The Morgan fingerprint density at radius 2 is 0.711 bits per heavy atom. The number of ether oxygens (including phenoxy) is 5. The van der Waals surface area contributed by atoms with Gasteiger partial charge >= 0.3 is 29.8 Å². The Morgan fingerprint density at radius 1 is 0.408 bits per heavy atom. The molecule has 4 atom stereocenters. The van der Waals surface area contributed by atoms with Gasteiger partial charge in [-0.25, -0.2) is 0 Å². The van der Waals surface area contributed by atoms with Crippen molar-refractivity contribution in [1.29, 1.82) is 0 Å². The molecule has 446 valence electrons. The van der Waals surface area contributed by atoms with Gasteiger partial charge in [-0.05, 0) is 139 Å². The molecule has 0 radical (unpaired) electrons. The molecule has 1 aliphatic heterocycles. The van der Waals surface area contributed by atoms with Gasteiger partial charge in [0.15, 0.2) is 0 Å². The second kappa shape index (κ2) is 45.5. The van der Waals surface area contributed by atoms with E-state index in [0.717, 1.165) is 57.2 Å². The summed E-state index contributed by atoms with van der Waals surface area (Å²) in [4.78, 5) is 69.3. The first-order valence-electron chi connectivity index (χ1n) is 29.0. The Balaban J connectivity index is 2.40. The third-order valence-corrected chi connectivity index (χ3v) is 15.0. The van der Waals surface area contributed by atoms with Crippen molar-refractivity contribution in [2.45, 2.75) is 233 Å². The number of hydrogen-bond donors (Lipinski definition) is 4. The van der Waals surface area contributed by atoms with Crippen LogP contribution >= 0.6 is 21.6 Å². The minimum absolute atomic E-state index is 0.138. The molecule has 0 aromatic heterocycles. The number of unbranched alkanes of at least 4 members (excludes halogenated alkanes) is 5. The van der Waals surface area contributed by atoms with Gasteiger partial charge in [-0.2, -0.15) is 0 Å². The molecule has 0 saturated carbocycles. The molecule has 1 heterocycles. The summed E-state index contributed by atoms with van der Waals surface area (Å²) in [6.07, 6.45) is 8.46. The number of hydrogen-bond acceptors (Lipinski definition) is 20. The largest absolute Gasteiger partial charge is 0.464 e. The fourth-order valence-corrected chi connectivity index (χ4v) is 10.9. The zero-order valence-electron chi connectivity index (χ0n) is 48.3. The molecule has 0 aliphatic carbocycles. The van der Waals surface area contributed by atoms with Crippen LogP contribution in [0.25, 0.3) is 0 Å². The first-order chi connectivity index (χ1) is 36.2. The lowest BCUT2D eigenvalue weighted by atomic mass is 10.1. The highest BCUT2D eigenvalue weighted by Gasteiger charge is 2.21. The van der Waals surface area contributed by atoms with Gasteiger partial charge in [-0.15, -0.1) is 0 Å². The summed E-state index contributed by atoms with van der Waals surface area (Å²) in [6.45, 7) is 23.4. The van der Waals surface area contributed by atoms with Crippen LogP contribution in [-0.4, -0.2) is 215 Å². The second-order valence-electron chi connectivity index (χ2n) is 21.6. The summed E-state index contributed by atoms with van der Waals surface area (Å²) in [5.74, 6) is 0.837. The first-order valence-corrected chi connectivity index (χ1v) is 31.5. The van der Waals surface area contributed by atoms with Crippen molar-refractivity contribution in [3.63, 3.8) is 0 Å². The lowest BCUT2D eigenvalue weighted by Crippen LogP contribution is -2.47. The zero-order chi connectivity index (χ0) is 56.5. The molecule has 0 bridgehead atoms. The monoisotopic (exact) mass is 1120 g/mol. The Hall–Kier alpha value is -2.27. The number of aliphatic hydroxyl groups excluding tert-OH is 4. The smallest absolute Gasteiger partial charge is 0.306 e. The van der Waals surface area contributed by atoms with Gasteiger partial charge < -0.3 is 44.1 Å². The number of carbonyl (C=O) groups excluding carboxylic acids is 5. The van der Waals surface area contributed by atoms with Gasteiger partial charge in [-0.3, -0.25) is 43.6 Å². The fraction of sp³-hybridized carbons (Fsp3) is 0.911. The van der Waals surface area contributed by atoms with Crippen LogP contribution in [0.15, 0.2) is 0 Å². The average Bonchev–Trinajstić information content (AvgIpc) is 3.32. The molecule has 1 fully saturated rings. The predicted molar refractivity (Wildman–Crippen MR) is 303 cm³/mol. The Kier molecular flexibility index (Phi) is 42.9. The van der Waals surface area contributed by atoms with Crippen LogP contribution in [0.1, 0.15) is 184 Å². The summed E-state index contributed by atoms with van der Waals surface area (Å²) in [5.41, 5.74) is 0. The van der Waals surface area contributed by atoms with Crippen molar-refractivity contribution < 1.29 is 68.1 Å². The molecule has 0 aromatic rings. The maximum absolute atomic E-state index is 12.7. The topological polar surface area (TPSA) is 225 Å². The molecule has 1 saturated heterocycles. The summed E-state index contributed by atoms with van der Waals surface area (Å²) < 4.78 is 26.5. The summed E-state index contributed by atoms with van der Waals surface area (Å²) >= 11 is 0. The van der Waals surface area contributed by atoms with Crippen molar-refractivity contribution in [3.05, 3.63) is 0 Å². The molecule has 4 N–H and O–H groups in total. The molecule has 76 heavy (non-hydrogen) atoms. The molecule has 18 nitrogen and oxygen atoms in total. The molecular weight excluding hydrogens is 1020 g/mol. The molecule has 0 spiro atoms. The summed E-state index contributed by atoms with van der Waals surface area (Å²) in [6, 6.07) is 0. The summed E-state index contributed by atoms with van der Waals surface area (Å²) in [5, 5.41) is 43.5. The minimum atomic E-state index is -0.624. The standard InChI is InChI=1S/C56H106N4O14S2/c1-44(2)71-53(66)25-13-9-20-48(61)40-59(41-49(62)21-10-14-26-54(67)72-45(3)4)29-18-17-24-52(65)70-37-35-57-31-33-58(34-32-57)36-39-76-75-38-19-30-60(42-50(63)22-11-15-27-55(68)73-46(5)6)43-51(64)23-12-16-28-56(69)74-47(7)8/h44-51,61-64H,9-43H2,1-8H3. The van der Waals surface area contributed by atoms with Crippen molar-refractivity contribution >= 4 is 51.4 Å². The van der Waals surface area contributed by atoms with E-state index in [-0.39, 0.29) is 54.3 Å². The first kappa shape index (κ1) is 71.7. The normalized spacial score (nSPS) is 15.2. The fourth-order valence-electron chi connectivity index (χ4n) is 8.79. The van der Waals surface area contributed by atoms with Crippen molar-refractivity contribution in [3.8, 4) is 0 Å². The second-order valence-corrected chi connectivity index (χ2v) is 24.3. The number of carbonyl (C=O) groups is 5. The van der Waals surface area contributed by atoms with Crippen LogP contribution in [0.3, 0.4) is 0 Å². The maximum atomic E-state index is 12.7. The highest BCUT2D eigenvalue weighted by atomic mass is 33.1. The van der Waals surface area contributed by atoms with E-state index in [1.54, 1.807) is 0 Å². The van der Waals surface area contributed by atoms with E-state index in [9.17, 15) is 44.4 Å². The van der Waals surface area contributed by atoms with E-state index in [0.29, 0.717) is 168 Å². The van der Waals surface area contributed by atoms with Gasteiger partial charge in [0, 0.05) is 109 Å². The third kappa shape index (κ3) is 43.6. The number of aliphatic hydroxyl groups is 4. The predicted octanol–water partition coefficient (Wildman–Crippen LogP) is 7.18. The van der Waals surface area contributed by atoms with E-state index in [1.807, 2.05) is 81.9 Å². The average molecular weight is 1120 g/mol. The molecule has 1 rings (SSSR count). The molecule has 1 aliphatic rings. The molecular formula is C56H106N4O14S2. The van der Waals surface area contributed by atoms with Crippen LogP contribution in [0.4, 0.5) is 0 Å². The van der Waals surface area contributed by atoms with E-state index in [4.69, 9.17) is 23.7 Å². The van der Waals surface area contributed by atoms with E-state index < -0.39 is 24.4 Å². The van der Waals surface area contributed by atoms with E-state index in [1.165, 1.54) is 0 Å². The summed E-state index contributed by atoms with van der Waals surface area (Å²) in [7, 11) is 3.72. The Morgan fingerprint density at radius 3 is 1.07 bits per heavy atom. The Bertz CT molecular complexity index is 1430. The van der Waals surface area contributed by atoms with Gasteiger partial charge in [0.25, 0.3) is 0 Å². The minimum Gasteiger partial charge on any atom is -0.464 e. The van der Waals surface area contributed by atoms with Gasteiger partial charge in [0.05, 0.1) is 48.8 Å². The highest BCUT2D eigenvalue weighted by Crippen LogP contribution is 2.23. The van der Waals surface area contributed by atoms with Crippen LogP contribution in [-0.2, 0) is 47.7 Å². The van der Waals surface area contributed by atoms with Gasteiger partial charge in [0.2, 0.25) is 0 Å². The van der Waals surface area contributed by atoms with Crippen molar-refractivity contribution in [2.24, 2.45) is 0 Å². The lowest BCUT2D eigenvalue weighted by Gasteiger charge is -2.34. The third-order valence-electron chi connectivity index (χ3n) is 12.5. The quantitative estimate of drug-likeness (QED) is 0.0205. The lowest BCUT2D eigenvalue weighted by molar-refractivity contribution is -0.148. The zero-order valence-corrected chi connectivity index (χ0v) is 50.0. The molecule has 20 heteroatoms. The number of rotatable bonds is 48. The number of esters is 5. The van der Waals surface area contributed by atoms with Gasteiger partial charge in [-0.1, -0.05) is 47.3 Å². The SMILES string of the molecule is CC(C)OC(=O)CCCCC(O)CN(CCCCC(=O)OCCN1CCN(CCSSCCCN(CC(O)CCCCC(=O)OC(C)C)CC(O)CCCCC(=O)OC(C)C)CC1)CC(O)CCCCC(=O)OC(C)C. The van der Waals surface area contributed by atoms with Crippen molar-refractivity contribution in [2.75, 3.05) is 96.6 Å². The number of piperazine rings is 1. The van der Waals surface area contributed by atoms with Crippen LogP contribution in [0, 0.1) is 0 Å². The maximum Gasteiger partial charge on any atom is 0.306 e. The van der Waals surface area contributed by atoms with Gasteiger partial charge in [0.1, 0.15) is 6.61 Å². The van der Waals surface area contributed by atoms with Crippen molar-refractivity contribution in [1.82, 2.24) is 19.6 Å². The highest BCUT2D eigenvalue weighted by molar-refractivity contribution is 8.76. The Labute approximate surface area is 466 Å².